The van der Waals surface area contributed by atoms with Gasteiger partial charge in [-0.1, -0.05) is 12.2 Å². The molecule has 56 valence electrons. The normalized spacial score (nSPS) is 26.1. The minimum Gasteiger partial charge on any atom is -0.377 e. The lowest BCUT2D eigenvalue weighted by molar-refractivity contribution is 0.355. The predicted octanol–water partition coefficient (Wildman–Crippen LogP) is 2.17. The number of hydrogen-bond acceptors (Lipinski definition) is 1. The fraction of sp³-hybridized carbons (Fsp3) is 0.556. The van der Waals surface area contributed by atoms with E-state index in [-0.39, 0.29) is 0 Å². The standard InChI is InChI=1S/C9H15N/c1-8-5-4-6-9(2)10(3)7-8/h4-5,7,9H,6H2,1-3H3. The molecule has 0 aromatic carbocycles. The average molecular weight is 137 g/mol. The summed E-state index contributed by atoms with van der Waals surface area (Å²) < 4.78 is 0. The second-order valence-corrected chi connectivity index (χ2v) is 3.03. The van der Waals surface area contributed by atoms with Gasteiger partial charge >= 0.3 is 0 Å². The fourth-order valence-corrected chi connectivity index (χ4v) is 1.11. The lowest BCUT2D eigenvalue weighted by atomic mass is 10.2. The monoisotopic (exact) mass is 137 g/mol. The largest absolute Gasteiger partial charge is 0.377 e. The van der Waals surface area contributed by atoms with E-state index >= 15 is 0 Å². The van der Waals surface area contributed by atoms with Crippen LogP contribution in [0.4, 0.5) is 0 Å². The average Bonchev–Trinajstić information content (AvgIpc) is 1.96. The van der Waals surface area contributed by atoms with Gasteiger partial charge in [-0.2, -0.15) is 0 Å². The van der Waals surface area contributed by atoms with Crippen molar-refractivity contribution >= 4 is 0 Å². The van der Waals surface area contributed by atoms with Crippen LogP contribution in [-0.2, 0) is 0 Å². The maximum Gasteiger partial charge on any atom is 0.0287 e. The Morgan fingerprint density at radius 3 is 3.00 bits per heavy atom. The van der Waals surface area contributed by atoms with E-state index in [2.05, 4.69) is 44.1 Å². The van der Waals surface area contributed by atoms with E-state index in [4.69, 9.17) is 0 Å². The number of hydrogen-bond donors (Lipinski definition) is 0. The van der Waals surface area contributed by atoms with E-state index in [1.54, 1.807) is 0 Å². The van der Waals surface area contributed by atoms with Crippen LogP contribution in [-0.4, -0.2) is 18.0 Å². The third-order valence-corrected chi connectivity index (χ3v) is 1.96. The molecule has 1 heterocycles. The molecular formula is C9H15N. The molecule has 1 aliphatic heterocycles. The Kier molecular flexibility index (Phi) is 2.15. The third-order valence-electron chi connectivity index (χ3n) is 1.96. The second-order valence-electron chi connectivity index (χ2n) is 3.03. The first-order valence-electron chi connectivity index (χ1n) is 3.77. The van der Waals surface area contributed by atoms with Crippen LogP contribution in [0.3, 0.4) is 0 Å². The van der Waals surface area contributed by atoms with Crippen LogP contribution in [0.1, 0.15) is 20.3 Å². The van der Waals surface area contributed by atoms with Gasteiger partial charge in [0.15, 0.2) is 0 Å². The van der Waals surface area contributed by atoms with E-state index in [0.717, 1.165) is 6.42 Å². The Morgan fingerprint density at radius 1 is 1.60 bits per heavy atom. The molecule has 0 fully saturated rings. The zero-order chi connectivity index (χ0) is 7.56. The Hall–Kier alpha value is -0.720. The number of nitrogens with zero attached hydrogens (tertiary/aromatic N) is 1. The zero-order valence-electron chi connectivity index (χ0n) is 6.96. The highest BCUT2D eigenvalue weighted by atomic mass is 15.1. The second kappa shape index (κ2) is 2.91. The van der Waals surface area contributed by atoms with Crippen LogP contribution in [0, 0.1) is 0 Å². The van der Waals surface area contributed by atoms with Crippen molar-refractivity contribution in [1.82, 2.24) is 4.90 Å². The molecule has 1 aliphatic rings. The summed E-state index contributed by atoms with van der Waals surface area (Å²) >= 11 is 0. The molecule has 0 aromatic rings. The molecule has 10 heavy (non-hydrogen) atoms. The predicted molar refractivity (Wildman–Crippen MR) is 44.7 cm³/mol. The molecule has 1 rings (SSSR count). The van der Waals surface area contributed by atoms with Crippen LogP contribution in [0.15, 0.2) is 23.9 Å². The molecule has 0 N–H and O–H groups in total. The molecule has 1 heteroatoms. The topological polar surface area (TPSA) is 3.24 Å². The first-order chi connectivity index (χ1) is 4.70. The highest BCUT2D eigenvalue weighted by Gasteiger charge is 2.05. The summed E-state index contributed by atoms with van der Waals surface area (Å²) in [6.45, 7) is 4.37. The fourth-order valence-electron chi connectivity index (χ4n) is 1.11. The minimum absolute atomic E-state index is 0.647. The maximum absolute atomic E-state index is 2.26. The van der Waals surface area contributed by atoms with E-state index in [0.29, 0.717) is 6.04 Å². The molecule has 1 nitrogen and oxygen atoms in total. The SMILES string of the molecule is CC1=CN(C)C(C)CC=C1. The Bertz CT molecular complexity index is 168. The van der Waals surface area contributed by atoms with Crippen LogP contribution >= 0.6 is 0 Å². The van der Waals surface area contributed by atoms with Gasteiger partial charge in [-0.3, -0.25) is 0 Å². The summed E-state index contributed by atoms with van der Waals surface area (Å²) in [6, 6.07) is 0.647. The van der Waals surface area contributed by atoms with Crippen molar-refractivity contribution in [1.29, 1.82) is 0 Å². The van der Waals surface area contributed by atoms with E-state index in [9.17, 15) is 0 Å². The number of rotatable bonds is 0. The van der Waals surface area contributed by atoms with Gasteiger partial charge in [-0.25, -0.2) is 0 Å². The molecule has 1 unspecified atom stereocenters. The van der Waals surface area contributed by atoms with Gasteiger partial charge in [-0.05, 0) is 25.8 Å². The third kappa shape index (κ3) is 1.63. The van der Waals surface area contributed by atoms with Gasteiger partial charge in [-0.15, -0.1) is 0 Å². The van der Waals surface area contributed by atoms with Gasteiger partial charge in [0.25, 0.3) is 0 Å². The van der Waals surface area contributed by atoms with Crippen LogP contribution < -0.4 is 0 Å². The van der Waals surface area contributed by atoms with Crippen molar-refractivity contribution in [2.75, 3.05) is 7.05 Å². The lowest BCUT2D eigenvalue weighted by Gasteiger charge is -2.20. The molecule has 0 saturated heterocycles. The van der Waals surface area contributed by atoms with Gasteiger partial charge in [0.1, 0.15) is 0 Å². The van der Waals surface area contributed by atoms with Crippen molar-refractivity contribution < 1.29 is 0 Å². The van der Waals surface area contributed by atoms with Crippen molar-refractivity contribution in [3.05, 3.63) is 23.9 Å². The molecular weight excluding hydrogens is 122 g/mol. The minimum atomic E-state index is 0.647. The van der Waals surface area contributed by atoms with E-state index in [1.807, 2.05) is 0 Å². The maximum atomic E-state index is 2.26. The van der Waals surface area contributed by atoms with Crippen LogP contribution in [0.25, 0.3) is 0 Å². The van der Waals surface area contributed by atoms with Crippen molar-refractivity contribution in [3.63, 3.8) is 0 Å². The van der Waals surface area contributed by atoms with Gasteiger partial charge in [0, 0.05) is 19.3 Å². The lowest BCUT2D eigenvalue weighted by Crippen LogP contribution is -2.22. The van der Waals surface area contributed by atoms with Crippen LogP contribution in [0.5, 0.6) is 0 Å². The molecule has 0 saturated carbocycles. The van der Waals surface area contributed by atoms with Crippen LogP contribution in [0.2, 0.25) is 0 Å². The quantitative estimate of drug-likeness (QED) is 0.494. The summed E-state index contributed by atoms with van der Waals surface area (Å²) in [5.41, 5.74) is 1.34. The van der Waals surface area contributed by atoms with Crippen molar-refractivity contribution in [2.45, 2.75) is 26.3 Å². The molecule has 0 bridgehead atoms. The highest BCUT2D eigenvalue weighted by molar-refractivity contribution is 5.17. The Morgan fingerprint density at radius 2 is 2.30 bits per heavy atom. The van der Waals surface area contributed by atoms with Crippen molar-refractivity contribution in [2.24, 2.45) is 0 Å². The first kappa shape index (κ1) is 7.39. The summed E-state index contributed by atoms with van der Waals surface area (Å²) in [5, 5.41) is 0. The smallest absolute Gasteiger partial charge is 0.0287 e. The van der Waals surface area contributed by atoms with Crippen molar-refractivity contribution in [3.8, 4) is 0 Å². The first-order valence-corrected chi connectivity index (χ1v) is 3.77. The highest BCUT2D eigenvalue weighted by Crippen LogP contribution is 2.10. The Balaban J connectivity index is 2.71. The van der Waals surface area contributed by atoms with Gasteiger partial charge in [0.2, 0.25) is 0 Å². The van der Waals surface area contributed by atoms with Gasteiger partial charge < -0.3 is 4.90 Å². The van der Waals surface area contributed by atoms with E-state index in [1.165, 1.54) is 5.57 Å². The summed E-state index contributed by atoms with van der Waals surface area (Å²) in [7, 11) is 2.13. The molecule has 1 atom stereocenters. The zero-order valence-corrected chi connectivity index (χ0v) is 6.96. The number of allylic oxidation sites excluding steroid dienone is 2. The van der Waals surface area contributed by atoms with Gasteiger partial charge in [0.05, 0.1) is 0 Å². The summed E-state index contributed by atoms with van der Waals surface area (Å²) in [4.78, 5) is 2.26. The van der Waals surface area contributed by atoms with E-state index < -0.39 is 0 Å². The summed E-state index contributed by atoms with van der Waals surface area (Å²) in [6.07, 6.45) is 7.76. The molecule has 0 spiro atoms. The summed E-state index contributed by atoms with van der Waals surface area (Å²) in [5.74, 6) is 0. The molecule has 0 radical (unpaired) electrons. The molecule has 0 amide bonds. The molecule has 0 aromatic heterocycles. The molecule has 0 aliphatic carbocycles. The Labute approximate surface area is 63.0 Å².